The van der Waals surface area contributed by atoms with Crippen molar-refractivity contribution >= 4 is 23.4 Å². The number of nitrogens with zero attached hydrogens (tertiary/aromatic N) is 3. The van der Waals surface area contributed by atoms with Crippen LogP contribution in [-0.2, 0) is 11.2 Å². The van der Waals surface area contributed by atoms with Gasteiger partial charge in [-0.15, -0.1) is 5.10 Å². The van der Waals surface area contributed by atoms with Crippen LogP contribution in [0.3, 0.4) is 0 Å². The number of anilines is 1. The quantitative estimate of drug-likeness (QED) is 0.827. The number of carbonyl (C=O) groups is 1. The van der Waals surface area contributed by atoms with E-state index in [0.717, 1.165) is 12.2 Å². The van der Waals surface area contributed by atoms with Crippen molar-refractivity contribution in [3.63, 3.8) is 0 Å². The molecular formula is C14H15N5OS. The zero-order valence-electron chi connectivity index (χ0n) is 11.8. The predicted octanol–water partition coefficient (Wildman–Crippen LogP) is 2.36. The molecule has 0 saturated carbocycles. The van der Waals surface area contributed by atoms with Gasteiger partial charge in [0, 0.05) is 12.1 Å². The Morgan fingerprint density at radius 1 is 1.57 bits per heavy atom. The van der Waals surface area contributed by atoms with Gasteiger partial charge < -0.3 is 5.32 Å². The van der Waals surface area contributed by atoms with E-state index >= 15 is 0 Å². The monoisotopic (exact) mass is 301 g/mol. The molecule has 0 saturated heterocycles. The summed E-state index contributed by atoms with van der Waals surface area (Å²) in [6.07, 6.45) is 0.773. The molecule has 0 bridgehead atoms. The lowest BCUT2D eigenvalue weighted by Gasteiger charge is -2.10. The molecule has 0 fully saturated rings. The molecule has 0 aliphatic rings. The highest BCUT2D eigenvalue weighted by atomic mass is 32.2. The third-order valence-electron chi connectivity index (χ3n) is 2.76. The number of carbonyl (C=O) groups excluding carboxylic acids is 1. The molecule has 1 aromatic carbocycles. The SMILES string of the molecule is CCc1nc(SC(C)C(=O)Nc2cccc(C#N)c2)n[nH]1. The summed E-state index contributed by atoms with van der Waals surface area (Å²) < 4.78 is 0. The van der Waals surface area contributed by atoms with E-state index in [9.17, 15) is 4.79 Å². The molecule has 0 radical (unpaired) electrons. The number of aromatic amines is 1. The number of nitriles is 1. The second-order valence-electron chi connectivity index (χ2n) is 4.36. The first-order chi connectivity index (χ1) is 10.1. The van der Waals surface area contributed by atoms with Gasteiger partial charge in [-0.2, -0.15) is 5.26 Å². The molecule has 7 heteroatoms. The van der Waals surface area contributed by atoms with Crippen molar-refractivity contribution in [1.29, 1.82) is 5.26 Å². The maximum Gasteiger partial charge on any atom is 0.237 e. The molecule has 2 aromatic rings. The number of aromatic nitrogens is 3. The molecule has 2 rings (SSSR count). The second-order valence-corrected chi connectivity index (χ2v) is 5.67. The Balaban J connectivity index is 1.97. The van der Waals surface area contributed by atoms with Crippen LogP contribution < -0.4 is 5.32 Å². The van der Waals surface area contributed by atoms with Gasteiger partial charge in [0.25, 0.3) is 0 Å². The van der Waals surface area contributed by atoms with E-state index in [2.05, 4.69) is 20.5 Å². The van der Waals surface area contributed by atoms with Crippen LogP contribution in [0.2, 0.25) is 0 Å². The fraction of sp³-hybridized carbons (Fsp3) is 0.286. The van der Waals surface area contributed by atoms with Crippen molar-refractivity contribution in [1.82, 2.24) is 15.2 Å². The van der Waals surface area contributed by atoms with E-state index in [1.807, 2.05) is 13.0 Å². The van der Waals surface area contributed by atoms with Crippen LogP contribution in [-0.4, -0.2) is 26.3 Å². The summed E-state index contributed by atoms with van der Waals surface area (Å²) in [6.45, 7) is 3.77. The summed E-state index contributed by atoms with van der Waals surface area (Å²) in [5.41, 5.74) is 1.12. The molecule has 1 aromatic heterocycles. The highest BCUT2D eigenvalue weighted by Gasteiger charge is 2.17. The van der Waals surface area contributed by atoms with Gasteiger partial charge in [0.2, 0.25) is 11.1 Å². The highest BCUT2D eigenvalue weighted by molar-refractivity contribution is 8.00. The molecule has 21 heavy (non-hydrogen) atoms. The minimum absolute atomic E-state index is 0.155. The predicted molar refractivity (Wildman–Crippen MR) is 80.9 cm³/mol. The van der Waals surface area contributed by atoms with E-state index < -0.39 is 0 Å². The Morgan fingerprint density at radius 2 is 2.38 bits per heavy atom. The number of nitrogens with one attached hydrogen (secondary N) is 2. The van der Waals surface area contributed by atoms with Gasteiger partial charge in [-0.25, -0.2) is 4.98 Å². The molecular weight excluding hydrogens is 286 g/mol. The number of hydrogen-bond acceptors (Lipinski definition) is 5. The summed E-state index contributed by atoms with van der Waals surface area (Å²) in [4.78, 5) is 16.4. The Kier molecular flexibility index (Phi) is 4.95. The van der Waals surface area contributed by atoms with Crippen LogP contribution in [0, 0.1) is 11.3 Å². The first-order valence-electron chi connectivity index (χ1n) is 6.51. The Labute approximate surface area is 127 Å². The van der Waals surface area contributed by atoms with Crippen molar-refractivity contribution in [2.24, 2.45) is 0 Å². The van der Waals surface area contributed by atoms with Crippen molar-refractivity contribution in [2.75, 3.05) is 5.32 Å². The fourth-order valence-corrected chi connectivity index (χ4v) is 2.35. The van der Waals surface area contributed by atoms with Gasteiger partial charge in [0.15, 0.2) is 0 Å². The van der Waals surface area contributed by atoms with E-state index in [-0.39, 0.29) is 11.2 Å². The van der Waals surface area contributed by atoms with Crippen LogP contribution in [0.15, 0.2) is 29.4 Å². The Hall–Kier alpha value is -2.33. The number of rotatable bonds is 5. The number of hydrogen-bond donors (Lipinski definition) is 2. The lowest BCUT2D eigenvalue weighted by atomic mass is 10.2. The smallest absolute Gasteiger partial charge is 0.237 e. The number of aryl methyl sites for hydroxylation is 1. The summed E-state index contributed by atoms with van der Waals surface area (Å²) >= 11 is 1.29. The van der Waals surface area contributed by atoms with Crippen LogP contribution in [0.4, 0.5) is 5.69 Å². The largest absolute Gasteiger partial charge is 0.325 e. The average molecular weight is 301 g/mol. The summed E-state index contributed by atoms with van der Waals surface area (Å²) in [6, 6.07) is 8.84. The number of H-pyrrole nitrogens is 1. The Morgan fingerprint density at radius 3 is 3.05 bits per heavy atom. The van der Waals surface area contributed by atoms with Crippen LogP contribution >= 0.6 is 11.8 Å². The highest BCUT2D eigenvalue weighted by Crippen LogP contribution is 2.21. The van der Waals surface area contributed by atoms with Crippen LogP contribution in [0.5, 0.6) is 0 Å². The minimum atomic E-state index is -0.337. The normalized spacial score (nSPS) is 11.7. The molecule has 0 aliphatic heterocycles. The van der Waals surface area contributed by atoms with Crippen LogP contribution in [0.1, 0.15) is 25.2 Å². The van der Waals surface area contributed by atoms with Gasteiger partial charge in [-0.1, -0.05) is 24.8 Å². The molecule has 108 valence electrons. The van der Waals surface area contributed by atoms with E-state index in [0.29, 0.717) is 16.4 Å². The molecule has 2 N–H and O–H groups in total. The molecule has 0 aliphatic carbocycles. The standard InChI is InChI=1S/C14H15N5OS/c1-3-12-17-14(19-18-12)21-9(2)13(20)16-11-6-4-5-10(7-11)8-15/h4-7,9H,3H2,1-2H3,(H,16,20)(H,17,18,19). The molecule has 1 unspecified atom stereocenters. The maximum atomic E-state index is 12.1. The van der Waals surface area contributed by atoms with Crippen molar-refractivity contribution in [2.45, 2.75) is 30.7 Å². The summed E-state index contributed by atoms with van der Waals surface area (Å²) in [5.74, 6) is 0.643. The Bertz CT molecular complexity index is 676. The van der Waals surface area contributed by atoms with Crippen molar-refractivity contribution in [3.8, 4) is 6.07 Å². The van der Waals surface area contributed by atoms with E-state index in [1.165, 1.54) is 11.8 Å². The van der Waals surface area contributed by atoms with Gasteiger partial charge in [-0.05, 0) is 25.1 Å². The maximum absolute atomic E-state index is 12.1. The zero-order chi connectivity index (χ0) is 15.2. The van der Waals surface area contributed by atoms with Gasteiger partial charge >= 0.3 is 0 Å². The lowest BCUT2D eigenvalue weighted by molar-refractivity contribution is -0.115. The van der Waals surface area contributed by atoms with E-state index in [4.69, 9.17) is 5.26 Å². The summed E-state index contributed by atoms with van der Waals surface area (Å²) in [7, 11) is 0. The number of amides is 1. The molecule has 6 nitrogen and oxygen atoms in total. The zero-order valence-corrected chi connectivity index (χ0v) is 12.6. The van der Waals surface area contributed by atoms with Gasteiger partial charge in [-0.3, -0.25) is 9.89 Å². The van der Waals surface area contributed by atoms with E-state index in [1.54, 1.807) is 31.2 Å². The number of thioether (sulfide) groups is 1. The van der Waals surface area contributed by atoms with Crippen LogP contribution in [0.25, 0.3) is 0 Å². The second kappa shape index (κ2) is 6.90. The fourth-order valence-electron chi connectivity index (χ4n) is 1.61. The average Bonchev–Trinajstić information content (AvgIpc) is 2.95. The number of benzene rings is 1. The topological polar surface area (TPSA) is 94.5 Å². The lowest BCUT2D eigenvalue weighted by Crippen LogP contribution is -2.22. The molecule has 1 amide bonds. The molecule has 1 atom stereocenters. The minimum Gasteiger partial charge on any atom is -0.325 e. The third kappa shape index (κ3) is 4.07. The van der Waals surface area contributed by atoms with Gasteiger partial charge in [0.1, 0.15) is 5.82 Å². The molecule has 1 heterocycles. The first-order valence-corrected chi connectivity index (χ1v) is 7.39. The first kappa shape index (κ1) is 15.1. The summed E-state index contributed by atoms with van der Waals surface area (Å²) in [5, 5.41) is 18.7. The van der Waals surface area contributed by atoms with Gasteiger partial charge in [0.05, 0.1) is 16.9 Å². The van der Waals surface area contributed by atoms with Crippen molar-refractivity contribution in [3.05, 3.63) is 35.7 Å². The van der Waals surface area contributed by atoms with Crippen molar-refractivity contribution < 1.29 is 4.79 Å². The molecule has 0 spiro atoms. The third-order valence-corrected chi connectivity index (χ3v) is 3.72.